The van der Waals surface area contributed by atoms with E-state index in [1.165, 1.54) is 42.1 Å². The zero-order chi connectivity index (χ0) is 21.7. The van der Waals surface area contributed by atoms with E-state index in [2.05, 4.69) is 18.2 Å². The highest BCUT2D eigenvalue weighted by atomic mass is 35.5. The fourth-order valence-electron chi connectivity index (χ4n) is 4.20. The van der Waals surface area contributed by atoms with Crippen molar-refractivity contribution in [1.29, 1.82) is 0 Å². The molecule has 2 aromatic rings. The number of pyridine rings is 1. The molecule has 0 N–H and O–H groups in total. The van der Waals surface area contributed by atoms with Gasteiger partial charge in [0.25, 0.3) is 0 Å². The Kier molecular flexibility index (Phi) is 7.89. The lowest BCUT2D eigenvalue weighted by Gasteiger charge is -2.33. The lowest BCUT2D eigenvalue weighted by Crippen LogP contribution is -2.29. The molecule has 5 nitrogen and oxygen atoms in total. The Bertz CT molecular complexity index is 959. The minimum absolute atomic E-state index is 0.628. The molecular weight excluding hydrogens is 419 g/mol. The highest BCUT2D eigenvalue weighted by molar-refractivity contribution is 7.51. The van der Waals surface area contributed by atoms with E-state index in [0.717, 1.165) is 36.4 Å². The number of aryl methyl sites for hydroxylation is 2. The van der Waals surface area contributed by atoms with Crippen molar-refractivity contribution in [2.75, 3.05) is 27.3 Å². The Morgan fingerprint density at radius 2 is 1.67 bits per heavy atom. The van der Waals surface area contributed by atoms with Crippen molar-refractivity contribution in [3.05, 3.63) is 69.5 Å². The van der Waals surface area contributed by atoms with Crippen LogP contribution in [0.15, 0.2) is 42.1 Å². The van der Waals surface area contributed by atoms with Gasteiger partial charge in [-0.15, -0.1) is 0 Å². The quantitative estimate of drug-likeness (QED) is 0.526. The van der Waals surface area contributed by atoms with Gasteiger partial charge in [0, 0.05) is 44.1 Å². The van der Waals surface area contributed by atoms with Gasteiger partial charge in [-0.25, -0.2) is 9.24 Å². The van der Waals surface area contributed by atoms with Gasteiger partial charge in [0.15, 0.2) is 0 Å². The molecule has 0 atom stereocenters. The smallest absolute Gasteiger partial charge is 0.300 e. The Morgan fingerprint density at radius 1 is 1.00 bits per heavy atom. The molecule has 0 bridgehead atoms. The summed E-state index contributed by atoms with van der Waals surface area (Å²) in [5.74, 6) is 0. The van der Waals surface area contributed by atoms with Crippen molar-refractivity contribution in [2.45, 2.75) is 39.5 Å². The third-order valence-corrected chi connectivity index (χ3v) is 7.88. The average Bonchev–Trinajstić information content (AvgIpc) is 2.96. The lowest BCUT2D eigenvalue weighted by molar-refractivity contribution is 0.202. The normalized spacial score (nSPS) is 16.8. The van der Waals surface area contributed by atoms with Crippen molar-refractivity contribution in [1.82, 2.24) is 9.65 Å². The van der Waals surface area contributed by atoms with E-state index in [4.69, 9.17) is 25.6 Å². The molecule has 0 saturated carbocycles. The van der Waals surface area contributed by atoms with Crippen LogP contribution in [0.5, 0.6) is 0 Å². The minimum atomic E-state index is -3.19. The van der Waals surface area contributed by atoms with E-state index < -0.39 is 7.75 Å². The van der Waals surface area contributed by atoms with E-state index >= 15 is 0 Å². The van der Waals surface area contributed by atoms with Crippen molar-refractivity contribution in [2.24, 2.45) is 0 Å². The van der Waals surface area contributed by atoms with Crippen molar-refractivity contribution in [3.63, 3.8) is 0 Å². The van der Waals surface area contributed by atoms with Crippen molar-refractivity contribution >= 4 is 24.9 Å². The van der Waals surface area contributed by atoms with Gasteiger partial charge in [-0.1, -0.05) is 43.2 Å². The maximum atomic E-state index is 12.7. The molecule has 7 heteroatoms. The van der Waals surface area contributed by atoms with Gasteiger partial charge >= 0.3 is 7.75 Å². The molecule has 0 amide bonds. The highest BCUT2D eigenvalue weighted by Crippen LogP contribution is 2.52. The van der Waals surface area contributed by atoms with Crippen LogP contribution in [0.25, 0.3) is 5.57 Å². The van der Waals surface area contributed by atoms with Crippen LogP contribution in [0.1, 0.15) is 49.1 Å². The van der Waals surface area contributed by atoms with Crippen LogP contribution in [-0.2, 0) is 26.5 Å². The zero-order valence-electron chi connectivity index (χ0n) is 18.2. The number of hydrogen-bond donors (Lipinski definition) is 0. The summed E-state index contributed by atoms with van der Waals surface area (Å²) in [6.45, 7) is 5.26. The average molecular weight is 449 g/mol. The number of piperidine rings is 1. The molecule has 1 aromatic carbocycles. The fourth-order valence-corrected chi connectivity index (χ4v) is 5.69. The van der Waals surface area contributed by atoms with Gasteiger partial charge in [0.1, 0.15) is 0 Å². The summed E-state index contributed by atoms with van der Waals surface area (Å²) in [6, 6.07) is 10.3. The van der Waals surface area contributed by atoms with E-state index in [0.29, 0.717) is 13.1 Å². The number of rotatable bonds is 3. The Balaban J connectivity index is 0.00000124. The van der Waals surface area contributed by atoms with Gasteiger partial charge in [-0.3, -0.25) is 14.0 Å². The summed E-state index contributed by atoms with van der Waals surface area (Å²) in [5, 5.41) is 0.762. The molecule has 30 heavy (non-hydrogen) atoms. The molecule has 0 spiro atoms. The molecule has 0 radical (unpaired) electrons. The molecule has 162 valence electrons. The molecule has 1 aliphatic carbocycles. The van der Waals surface area contributed by atoms with E-state index in [1.807, 2.05) is 36.8 Å². The number of hydrogen-bond acceptors (Lipinski definition) is 4. The monoisotopic (exact) mass is 448 g/mol. The maximum absolute atomic E-state index is 12.7. The first kappa shape index (κ1) is 23.2. The predicted octanol–water partition coefficient (Wildman–Crippen LogP) is 6.16. The summed E-state index contributed by atoms with van der Waals surface area (Å²) >= 11 is 6.28. The van der Waals surface area contributed by atoms with E-state index in [9.17, 15) is 4.57 Å². The van der Waals surface area contributed by atoms with Gasteiger partial charge in [0.2, 0.25) is 0 Å². The van der Waals surface area contributed by atoms with Crippen LogP contribution < -0.4 is 0 Å². The van der Waals surface area contributed by atoms with Crippen molar-refractivity contribution < 1.29 is 13.6 Å². The fraction of sp³-hybridized carbons (Fsp3) is 0.435. The van der Waals surface area contributed by atoms with Crippen LogP contribution in [0, 0.1) is 0 Å². The molecule has 1 fully saturated rings. The topological polar surface area (TPSA) is 51.7 Å². The maximum Gasteiger partial charge on any atom is 0.407 e. The number of aromatic nitrogens is 1. The molecule has 1 aliphatic heterocycles. The van der Waals surface area contributed by atoms with Crippen LogP contribution in [0.4, 0.5) is 0 Å². The minimum Gasteiger partial charge on any atom is -0.300 e. The standard InChI is InChI=1S/C21H24ClN2O3P.C2H6/c1-26-28(25,27-2)24-12-9-15(10-13-24)20-19-8-7-18(22)14-17(19)6-5-16-4-3-11-23-21(16)20;1-2/h3-4,7-8,11,14H,5-6,9-10,12-13H2,1-2H3;1-2H3. The highest BCUT2D eigenvalue weighted by Gasteiger charge is 2.34. The second-order valence-corrected chi connectivity index (χ2v) is 9.75. The van der Waals surface area contributed by atoms with E-state index in [-0.39, 0.29) is 0 Å². The van der Waals surface area contributed by atoms with Gasteiger partial charge in [-0.05, 0) is 60.6 Å². The number of halogens is 1. The summed E-state index contributed by atoms with van der Waals surface area (Å²) in [4.78, 5) is 4.75. The molecular formula is C23H30ClN2O3P. The first-order valence-corrected chi connectivity index (χ1v) is 12.3. The first-order valence-electron chi connectivity index (χ1n) is 10.5. The largest absolute Gasteiger partial charge is 0.407 e. The second kappa shape index (κ2) is 10.2. The SMILES string of the molecule is CC.COP(=O)(OC)N1CCC(=C2c3ccc(Cl)cc3CCc3cccnc32)CC1. The van der Waals surface area contributed by atoms with Gasteiger partial charge < -0.3 is 0 Å². The number of nitrogens with zero attached hydrogens (tertiary/aromatic N) is 2. The van der Waals surface area contributed by atoms with Crippen LogP contribution in [0.2, 0.25) is 5.02 Å². The summed E-state index contributed by atoms with van der Waals surface area (Å²) in [6.07, 6.45) is 5.34. The van der Waals surface area contributed by atoms with Gasteiger partial charge in [0.05, 0.1) is 5.69 Å². The third kappa shape index (κ3) is 4.56. The van der Waals surface area contributed by atoms with Gasteiger partial charge in [-0.2, -0.15) is 0 Å². The van der Waals surface area contributed by atoms with Crippen LogP contribution in [0.3, 0.4) is 0 Å². The zero-order valence-corrected chi connectivity index (χ0v) is 19.8. The summed E-state index contributed by atoms with van der Waals surface area (Å²) < 4.78 is 24.9. The Morgan fingerprint density at radius 3 is 2.33 bits per heavy atom. The molecule has 2 heterocycles. The Hall–Kier alpha value is -1.49. The van der Waals surface area contributed by atoms with Crippen LogP contribution in [-0.4, -0.2) is 37.0 Å². The lowest BCUT2D eigenvalue weighted by atomic mass is 9.89. The number of benzene rings is 1. The molecule has 1 aromatic heterocycles. The third-order valence-electron chi connectivity index (χ3n) is 5.63. The van der Waals surface area contributed by atoms with E-state index in [1.54, 1.807) is 0 Å². The Labute approximate surface area is 184 Å². The number of fused-ring (bicyclic) bond motifs is 2. The molecule has 2 aliphatic rings. The van der Waals surface area contributed by atoms with Crippen molar-refractivity contribution in [3.8, 4) is 0 Å². The molecule has 1 saturated heterocycles. The summed E-state index contributed by atoms with van der Waals surface area (Å²) in [5.41, 5.74) is 7.35. The molecule has 0 unspecified atom stereocenters. The summed E-state index contributed by atoms with van der Waals surface area (Å²) in [7, 11) is -0.324. The second-order valence-electron chi connectivity index (χ2n) is 7.08. The molecule has 4 rings (SSSR count). The first-order chi connectivity index (χ1) is 14.6. The van der Waals surface area contributed by atoms with Crippen LogP contribution >= 0.6 is 19.3 Å². The predicted molar refractivity (Wildman–Crippen MR) is 123 cm³/mol.